The fourth-order valence-electron chi connectivity index (χ4n) is 1.89. The molecule has 0 spiro atoms. The molecule has 0 radical (unpaired) electrons. The third-order valence-corrected chi connectivity index (χ3v) is 2.77. The number of anilines is 1. The predicted molar refractivity (Wildman–Crippen MR) is 82.2 cm³/mol. The summed E-state index contributed by atoms with van der Waals surface area (Å²) in [7, 11) is 1.75. The summed E-state index contributed by atoms with van der Waals surface area (Å²) in [6, 6.07) is 7.80. The standard InChI is InChI=1S/C15H18N4/c1-3-18-15(6-7-17-2)12-8-11-9-13(16)4-5-14(11)19-10-12/h4-10,18H,3,16H2,1-2H3. The number of pyridine rings is 1. The van der Waals surface area contributed by atoms with Crippen LogP contribution >= 0.6 is 0 Å². The highest BCUT2D eigenvalue weighted by Crippen LogP contribution is 2.19. The van der Waals surface area contributed by atoms with E-state index in [-0.39, 0.29) is 0 Å². The van der Waals surface area contributed by atoms with Crippen molar-refractivity contribution in [1.82, 2.24) is 10.3 Å². The summed E-state index contributed by atoms with van der Waals surface area (Å²) in [5.41, 5.74) is 9.53. The Labute approximate surface area is 113 Å². The highest BCUT2D eigenvalue weighted by Gasteiger charge is 2.03. The summed E-state index contributed by atoms with van der Waals surface area (Å²) in [5.74, 6) is 0. The van der Waals surface area contributed by atoms with Gasteiger partial charge in [-0.25, -0.2) is 0 Å². The van der Waals surface area contributed by atoms with Crippen LogP contribution < -0.4 is 11.1 Å². The van der Waals surface area contributed by atoms with Crippen molar-refractivity contribution in [3.8, 4) is 0 Å². The summed E-state index contributed by atoms with van der Waals surface area (Å²) in [4.78, 5) is 8.43. The van der Waals surface area contributed by atoms with Crippen LogP contribution in [0.4, 0.5) is 5.69 Å². The average Bonchev–Trinajstić information content (AvgIpc) is 2.42. The van der Waals surface area contributed by atoms with E-state index in [1.807, 2.05) is 30.5 Å². The molecule has 2 aromatic rings. The molecule has 1 aromatic carbocycles. The third kappa shape index (κ3) is 3.10. The van der Waals surface area contributed by atoms with Gasteiger partial charge < -0.3 is 11.1 Å². The molecule has 19 heavy (non-hydrogen) atoms. The van der Waals surface area contributed by atoms with E-state index in [9.17, 15) is 0 Å². The van der Waals surface area contributed by atoms with Crippen LogP contribution in [0, 0.1) is 0 Å². The monoisotopic (exact) mass is 254 g/mol. The van der Waals surface area contributed by atoms with Gasteiger partial charge in [-0.3, -0.25) is 9.98 Å². The van der Waals surface area contributed by atoms with Crippen molar-refractivity contribution in [2.45, 2.75) is 6.92 Å². The zero-order chi connectivity index (χ0) is 13.7. The second-order valence-corrected chi connectivity index (χ2v) is 4.19. The minimum atomic E-state index is 0.746. The minimum Gasteiger partial charge on any atom is -0.399 e. The number of nitrogens with zero attached hydrogens (tertiary/aromatic N) is 2. The van der Waals surface area contributed by atoms with Crippen LogP contribution in [0.5, 0.6) is 0 Å². The fourth-order valence-corrected chi connectivity index (χ4v) is 1.89. The first-order chi connectivity index (χ1) is 9.24. The summed E-state index contributed by atoms with van der Waals surface area (Å²) >= 11 is 0. The summed E-state index contributed by atoms with van der Waals surface area (Å²) in [5, 5.41) is 4.35. The molecule has 0 atom stereocenters. The highest BCUT2D eigenvalue weighted by molar-refractivity contribution is 5.88. The number of aliphatic imine (C=N–C) groups is 1. The Morgan fingerprint density at radius 2 is 2.26 bits per heavy atom. The number of aromatic nitrogens is 1. The maximum absolute atomic E-state index is 5.81. The van der Waals surface area contributed by atoms with Crippen molar-refractivity contribution < 1.29 is 0 Å². The molecule has 0 aliphatic carbocycles. The van der Waals surface area contributed by atoms with E-state index in [1.165, 1.54) is 0 Å². The van der Waals surface area contributed by atoms with E-state index in [0.717, 1.165) is 34.4 Å². The Morgan fingerprint density at radius 3 is 3.00 bits per heavy atom. The van der Waals surface area contributed by atoms with Gasteiger partial charge >= 0.3 is 0 Å². The van der Waals surface area contributed by atoms with Crippen LogP contribution in [-0.2, 0) is 0 Å². The SMILES string of the molecule is CCNC(=CC=NC)c1cnc2ccc(N)cc2c1. The molecule has 2 rings (SSSR count). The number of hydrogen-bond acceptors (Lipinski definition) is 4. The highest BCUT2D eigenvalue weighted by atomic mass is 14.9. The lowest BCUT2D eigenvalue weighted by Crippen LogP contribution is -2.11. The molecule has 4 heteroatoms. The molecule has 98 valence electrons. The van der Waals surface area contributed by atoms with Crippen LogP contribution in [0.3, 0.4) is 0 Å². The molecule has 4 nitrogen and oxygen atoms in total. The number of nitrogen functional groups attached to an aromatic ring is 1. The molecule has 0 bridgehead atoms. The normalized spacial score (nSPS) is 12.2. The summed E-state index contributed by atoms with van der Waals surface area (Å²) < 4.78 is 0. The van der Waals surface area contributed by atoms with E-state index < -0.39 is 0 Å². The quantitative estimate of drug-likeness (QED) is 0.650. The van der Waals surface area contributed by atoms with E-state index >= 15 is 0 Å². The lowest BCUT2D eigenvalue weighted by Gasteiger charge is -2.09. The van der Waals surface area contributed by atoms with Gasteiger partial charge in [-0.15, -0.1) is 0 Å². The zero-order valence-corrected chi connectivity index (χ0v) is 11.2. The van der Waals surface area contributed by atoms with Gasteiger partial charge in [-0.2, -0.15) is 0 Å². The summed E-state index contributed by atoms with van der Waals surface area (Å²) in [6.45, 7) is 2.90. The lowest BCUT2D eigenvalue weighted by atomic mass is 10.1. The molecular weight excluding hydrogens is 236 g/mol. The van der Waals surface area contributed by atoms with Gasteiger partial charge in [0.2, 0.25) is 0 Å². The maximum Gasteiger partial charge on any atom is 0.0703 e. The predicted octanol–water partition coefficient (Wildman–Crippen LogP) is 2.47. The van der Waals surface area contributed by atoms with Gasteiger partial charge in [0.1, 0.15) is 0 Å². The molecule has 0 aliphatic heterocycles. The van der Waals surface area contributed by atoms with Crippen LogP contribution in [0.1, 0.15) is 12.5 Å². The maximum atomic E-state index is 5.81. The van der Waals surface area contributed by atoms with Crippen LogP contribution in [0.2, 0.25) is 0 Å². The molecule has 0 amide bonds. The first-order valence-corrected chi connectivity index (χ1v) is 6.26. The van der Waals surface area contributed by atoms with E-state index in [4.69, 9.17) is 5.73 Å². The molecule has 0 saturated heterocycles. The Morgan fingerprint density at radius 1 is 1.42 bits per heavy atom. The number of rotatable bonds is 4. The largest absolute Gasteiger partial charge is 0.399 e. The third-order valence-electron chi connectivity index (χ3n) is 2.77. The molecule has 1 heterocycles. The first-order valence-electron chi connectivity index (χ1n) is 6.26. The van der Waals surface area contributed by atoms with Crippen molar-refractivity contribution in [2.24, 2.45) is 4.99 Å². The molecule has 0 saturated carbocycles. The number of nitrogens with two attached hydrogens (primary N) is 1. The second-order valence-electron chi connectivity index (χ2n) is 4.19. The molecule has 0 fully saturated rings. The Kier molecular flexibility index (Phi) is 4.13. The molecule has 0 aliphatic rings. The first kappa shape index (κ1) is 13.1. The number of nitrogens with one attached hydrogen (secondary N) is 1. The number of allylic oxidation sites excluding steroid dienone is 1. The fraction of sp³-hybridized carbons (Fsp3) is 0.200. The van der Waals surface area contributed by atoms with Gasteiger partial charge in [-0.05, 0) is 37.3 Å². The van der Waals surface area contributed by atoms with Gasteiger partial charge in [0.25, 0.3) is 0 Å². The number of benzene rings is 1. The van der Waals surface area contributed by atoms with Crippen LogP contribution in [-0.4, -0.2) is 24.8 Å². The van der Waals surface area contributed by atoms with Crippen molar-refractivity contribution >= 4 is 28.5 Å². The van der Waals surface area contributed by atoms with Crippen molar-refractivity contribution in [3.05, 3.63) is 42.1 Å². The van der Waals surface area contributed by atoms with Gasteiger partial charge in [0, 0.05) is 48.3 Å². The zero-order valence-electron chi connectivity index (χ0n) is 11.2. The molecule has 1 aromatic heterocycles. The minimum absolute atomic E-state index is 0.746. The summed E-state index contributed by atoms with van der Waals surface area (Å²) in [6.07, 6.45) is 5.57. The average molecular weight is 254 g/mol. The van der Waals surface area contributed by atoms with Crippen LogP contribution in [0.15, 0.2) is 41.5 Å². The lowest BCUT2D eigenvalue weighted by molar-refractivity contribution is 0.940. The van der Waals surface area contributed by atoms with Gasteiger partial charge in [0.05, 0.1) is 5.52 Å². The second kappa shape index (κ2) is 6.00. The van der Waals surface area contributed by atoms with Gasteiger partial charge in [0.15, 0.2) is 0 Å². The Hall–Kier alpha value is -2.36. The van der Waals surface area contributed by atoms with Crippen LogP contribution in [0.25, 0.3) is 16.6 Å². The Balaban J connectivity index is 2.48. The molecule has 0 unspecified atom stereocenters. The van der Waals surface area contributed by atoms with Gasteiger partial charge in [-0.1, -0.05) is 0 Å². The van der Waals surface area contributed by atoms with Crippen molar-refractivity contribution in [2.75, 3.05) is 19.3 Å². The smallest absolute Gasteiger partial charge is 0.0703 e. The van der Waals surface area contributed by atoms with E-state index in [1.54, 1.807) is 13.3 Å². The van der Waals surface area contributed by atoms with Crippen molar-refractivity contribution in [1.29, 1.82) is 0 Å². The van der Waals surface area contributed by atoms with E-state index in [2.05, 4.69) is 28.3 Å². The van der Waals surface area contributed by atoms with E-state index in [0.29, 0.717) is 0 Å². The topological polar surface area (TPSA) is 63.3 Å². The number of hydrogen-bond donors (Lipinski definition) is 2. The Bertz CT molecular complexity index is 629. The molecular formula is C15H18N4. The van der Waals surface area contributed by atoms with Crippen molar-refractivity contribution in [3.63, 3.8) is 0 Å². The number of fused-ring (bicyclic) bond motifs is 1. The molecule has 3 N–H and O–H groups in total.